The predicted molar refractivity (Wildman–Crippen MR) is 122 cm³/mol. The van der Waals surface area contributed by atoms with Crippen LogP contribution in [0.15, 0.2) is 64.7 Å². The first kappa shape index (κ1) is 20.6. The second kappa shape index (κ2) is 8.02. The van der Waals surface area contributed by atoms with Gasteiger partial charge in [0.25, 0.3) is 17.4 Å². The molecule has 4 aromatic rings. The molecule has 5 rings (SSSR count). The molecule has 0 saturated carbocycles. The zero-order valence-electron chi connectivity index (χ0n) is 17.2. The second-order valence-corrected chi connectivity index (χ2v) is 8.23. The standard InChI is InChI=1S/C22H16N6O4S/c1-27-20(31)14-8-7-12(9-15(14)21(27)32)24-17(29)11-33-22-25-18-16(19(30)26-22)10-23-28(18)13-5-3-2-4-6-13/h2-10H,11H2,1H3,(H,24,29)(H,25,26,30). The van der Waals surface area contributed by atoms with Crippen LogP contribution in [-0.4, -0.2) is 55.2 Å². The lowest BCUT2D eigenvalue weighted by Crippen LogP contribution is -2.24. The average molecular weight is 460 g/mol. The second-order valence-electron chi connectivity index (χ2n) is 7.27. The molecule has 2 aromatic carbocycles. The highest BCUT2D eigenvalue weighted by Gasteiger charge is 2.32. The molecule has 1 aliphatic rings. The third-order valence-corrected chi connectivity index (χ3v) is 6.00. The molecule has 0 saturated heterocycles. The zero-order valence-corrected chi connectivity index (χ0v) is 18.0. The van der Waals surface area contributed by atoms with Gasteiger partial charge in [0.1, 0.15) is 5.39 Å². The van der Waals surface area contributed by atoms with E-state index < -0.39 is 5.91 Å². The van der Waals surface area contributed by atoms with Crippen molar-refractivity contribution in [3.63, 3.8) is 0 Å². The number of amides is 3. The molecule has 0 spiro atoms. The molecule has 0 bridgehead atoms. The third-order valence-electron chi connectivity index (χ3n) is 5.13. The summed E-state index contributed by atoms with van der Waals surface area (Å²) in [6.45, 7) is 0. The van der Waals surface area contributed by atoms with Gasteiger partial charge in [-0.15, -0.1) is 0 Å². The summed E-state index contributed by atoms with van der Waals surface area (Å²) in [5.74, 6) is -1.17. The summed E-state index contributed by atoms with van der Waals surface area (Å²) in [4.78, 5) is 57.2. The van der Waals surface area contributed by atoms with E-state index in [0.717, 1.165) is 22.3 Å². The Labute approximate surface area is 190 Å². The quantitative estimate of drug-likeness (QED) is 0.265. The number of thioether (sulfide) groups is 1. The summed E-state index contributed by atoms with van der Waals surface area (Å²) in [5.41, 5.74) is 1.75. The number of aromatic amines is 1. The van der Waals surface area contributed by atoms with Crippen molar-refractivity contribution < 1.29 is 14.4 Å². The molecule has 10 nitrogen and oxygen atoms in total. The molecule has 3 amide bonds. The fraction of sp³-hybridized carbons (Fsp3) is 0.0909. The Balaban J connectivity index is 1.32. The maximum Gasteiger partial charge on any atom is 0.262 e. The van der Waals surface area contributed by atoms with Gasteiger partial charge in [0.05, 0.1) is 28.8 Å². The van der Waals surface area contributed by atoms with E-state index in [1.54, 1.807) is 10.7 Å². The number of para-hydroxylation sites is 1. The molecule has 2 aromatic heterocycles. The summed E-state index contributed by atoms with van der Waals surface area (Å²) < 4.78 is 1.56. The summed E-state index contributed by atoms with van der Waals surface area (Å²) in [6, 6.07) is 13.8. The van der Waals surface area contributed by atoms with Gasteiger partial charge < -0.3 is 10.3 Å². The van der Waals surface area contributed by atoms with E-state index in [1.807, 2.05) is 30.3 Å². The van der Waals surface area contributed by atoms with Crippen LogP contribution in [0.1, 0.15) is 20.7 Å². The van der Waals surface area contributed by atoms with Gasteiger partial charge in [0.2, 0.25) is 5.91 Å². The number of fused-ring (bicyclic) bond motifs is 2. The van der Waals surface area contributed by atoms with E-state index in [4.69, 9.17) is 0 Å². The van der Waals surface area contributed by atoms with Crippen LogP contribution in [0, 0.1) is 0 Å². The van der Waals surface area contributed by atoms with Crippen molar-refractivity contribution in [2.24, 2.45) is 0 Å². The number of anilines is 1. The summed E-state index contributed by atoms with van der Waals surface area (Å²) in [7, 11) is 1.41. The molecule has 0 radical (unpaired) electrons. The number of nitrogens with zero attached hydrogens (tertiary/aromatic N) is 4. The molecular formula is C22H16N6O4S. The van der Waals surface area contributed by atoms with Crippen LogP contribution in [0.4, 0.5) is 5.69 Å². The van der Waals surface area contributed by atoms with Crippen molar-refractivity contribution in [1.82, 2.24) is 24.6 Å². The number of carbonyl (C=O) groups excluding carboxylic acids is 3. The van der Waals surface area contributed by atoms with Gasteiger partial charge in [0.15, 0.2) is 10.8 Å². The van der Waals surface area contributed by atoms with Gasteiger partial charge in [-0.3, -0.25) is 24.1 Å². The van der Waals surface area contributed by atoms with Gasteiger partial charge in [0, 0.05) is 12.7 Å². The van der Waals surface area contributed by atoms with Crippen LogP contribution in [0.5, 0.6) is 0 Å². The SMILES string of the molecule is CN1C(=O)c2ccc(NC(=O)CSc3nc4c(cnn4-c4ccccc4)c(=O)[nH]3)cc2C1=O. The minimum absolute atomic E-state index is 0.0300. The summed E-state index contributed by atoms with van der Waals surface area (Å²) >= 11 is 1.06. The molecule has 0 aliphatic carbocycles. The number of carbonyl (C=O) groups is 3. The maximum atomic E-state index is 12.5. The van der Waals surface area contributed by atoms with Gasteiger partial charge in [-0.2, -0.15) is 5.10 Å². The highest BCUT2D eigenvalue weighted by molar-refractivity contribution is 7.99. The monoisotopic (exact) mass is 460 g/mol. The van der Waals surface area contributed by atoms with Crippen LogP contribution in [0.25, 0.3) is 16.7 Å². The van der Waals surface area contributed by atoms with E-state index in [0.29, 0.717) is 22.3 Å². The smallest absolute Gasteiger partial charge is 0.262 e. The molecule has 0 fully saturated rings. The number of nitrogens with one attached hydrogen (secondary N) is 2. The normalized spacial score (nSPS) is 12.9. The van der Waals surface area contributed by atoms with Crippen molar-refractivity contribution in [3.8, 4) is 5.69 Å². The molecule has 2 N–H and O–H groups in total. The summed E-state index contributed by atoms with van der Waals surface area (Å²) in [5, 5.41) is 7.57. The van der Waals surface area contributed by atoms with Crippen LogP contribution < -0.4 is 10.9 Å². The minimum atomic E-state index is -0.412. The number of hydrogen-bond acceptors (Lipinski definition) is 7. The first-order valence-electron chi connectivity index (χ1n) is 9.85. The number of imide groups is 1. The maximum absolute atomic E-state index is 12.5. The molecule has 1 aliphatic heterocycles. The van der Waals surface area contributed by atoms with E-state index in [2.05, 4.69) is 20.4 Å². The fourth-order valence-corrected chi connectivity index (χ4v) is 4.15. The van der Waals surface area contributed by atoms with E-state index in [9.17, 15) is 19.2 Å². The van der Waals surface area contributed by atoms with Crippen LogP contribution >= 0.6 is 11.8 Å². The van der Waals surface area contributed by atoms with Crippen molar-refractivity contribution in [3.05, 3.63) is 76.2 Å². The molecule has 0 unspecified atom stereocenters. The van der Waals surface area contributed by atoms with Crippen LogP contribution in [0.3, 0.4) is 0 Å². The summed E-state index contributed by atoms with van der Waals surface area (Å²) in [6.07, 6.45) is 1.45. The van der Waals surface area contributed by atoms with Crippen molar-refractivity contribution in [1.29, 1.82) is 0 Å². The zero-order chi connectivity index (χ0) is 23.1. The van der Waals surface area contributed by atoms with Gasteiger partial charge in [-0.05, 0) is 30.3 Å². The van der Waals surface area contributed by atoms with Gasteiger partial charge in [-0.25, -0.2) is 9.67 Å². The first-order chi connectivity index (χ1) is 15.9. The van der Waals surface area contributed by atoms with Gasteiger partial charge in [-0.1, -0.05) is 30.0 Å². The van der Waals surface area contributed by atoms with Crippen LogP contribution in [0.2, 0.25) is 0 Å². The number of benzene rings is 2. The minimum Gasteiger partial charge on any atom is -0.325 e. The fourth-order valence-electron chi connectivity index (χ4n) is 3.49. The number of aromatic nitrogens is 4. The Hall–Kier alpha value is -4.25. The number of rotatable bonds is 5. The molecule has 3 heterocycles. The average Bonchev–Trinajstić information content (AvgIpc) is 3.34. The first-order valence-corrected chi connectivity index (χ1v) is 10.8. The topological polar surface area (TPSA) is 130 Å². The van der Waals surface area contributed by atoms with Crippen molar-refractivity contribution >= 4 is 46.2 Å². The molecule has 164 valence electrons. The lowest BCUT2D eigenvalue weighted by atomic mass is 10.1. The van der Waals surface area contributed by atoms with Crippen molar-refractivity contribution in [2.75, 3.05) is 18.1 Å². The van der Waals surface area contributed by atoms with E-state index >= 15 is 0 Å². The Bertz CT molecular complexity index is 1490. The highest BCUT2D eigenvalue weighted by Crippen LogP contribution is 2.25. The van der Waals surface area contributed by atoms with E-state index in [1.165, 1.54) is 25.4 Å². The Kier molecular flexibility index (Phi) is 5.02. The number of hydrogen-bond donors (Lipinski definition) is 2. The Morgan fingerprint density at radius 2 is 1.82 bits per heavy atom. The molecular weight excluding hydrogens is 444 g/mol. The molecule has 11 heteroatoms. The molecule has 33 heavy (non-hydrogen) atoms. The van der Waals surface area contributed by atoms with Gasteiger partial charge >= 0.3 is 0 Å². The lowest BCUT2D eigenvalue weighted by molar-refractivity contribution is -0.113. The highest BCUT2D eigenvalue weighted by atomic mass is 32.2. The number of H-pyrrole nitrogens is 1. The lowest BCUT2D eigenvalue weighted by Gasteiger charge is -2.07. The third kappa shape index (κ3) is 3.68. The Morgan fingerprint density at radius 1 is 1.06 bits per heavy atom. The van der Waals surface area contributed by atoms with Crippen LogP contribution in [-0.2, 0) is 4.79 Å². The molecule has 0 atom stereocenters. The van der Waals surface area contributed by atoms with E-state index in [-0.39, 0.29) is 33.8 Å². The predicted octanol–water partition coefficient (Wildman–Crippen LogP) is 2.07. The largest absolute Gasteiger partial charge is 0.325 e. The Morgan fingerprint density at radius 3 is 2.61 bits per heavy atom. The van der Waals surface area contributed by atoms with Crippen molar-refractivity contribution in [2.45, 2.75) is 5.16 Å².